The molecule has 1 fully saturated rings. The first kappa shape index (κ1) is 21.8. The van der Waals surface area contributed by atoms with E-state index in [1.54, 1.807) is 23.8 Å². The van der Waals surface area contributed by atoms with Crippen LogP contribution in [0.4, 0.5) is 5.69 Å². The van der Waals surface area contributed by atoms with Crippen molar-refractivity contribution in [3.05, 3.63) is 48.5 Å². The maximum atomic E-state index is 13.2. The van der Waals surface area contributed by atoms with E-state index in [-0.39, 0.29) is 29.9 Å². The molecule has 3 aromatic rings. The minimum Gasteiger partial charge on any atom is -0.380 e. The second-order valence-corrected chi connectivity index (χ2v) is 8.76. The highest BCUT2D eigenvalue weighted by atomic mass is 16.2. The fourth-order valence-corrected chi connectivity index (χ4v) is 4.29. The summed E-state index contributed by atoms with van der Waals surface area (Å²) >= 11 is 0. The van der Waals surface area contributed by atoms with Gasteiger partial charge in [0.15, 0.2) is 0 Å². The highest BCUT2D eigenvalue weighted by molar-refractivity contribution is 6.03. The van der Waals surface area contributed by atoms with Crippen molar-refractivity contribution in [3.8, 4) is 11.1 Å². The van der Waals surface area contributed by atoms with Crippen molar-refractivity contribution >= 4 is 23.0 Å². The quantitative estimate of drug-likeness (QED) is 0.552. The number of nitrogens with zero attached hydrogens (tertiary/aromatic N) is 3. The largest absolute Gasteiger partial charge is 0.380 e. The Balaban J connectivity index is 1.57. The van der Waals surface area contributed by atoms with Gasteiger partial charge in [-0.1, -0.05) is 6.07 Å². The molecule has 0 spiro atoms. The summed E-state index contributed by atoms with van der Waals surface area (Å²) < 4.78 is 1.79. The van der Waals surface area contributed by atoms with Crippen molar-refractivity contribution in [2.45, 2.75) is 64.6 Å². The molecule has 0 aliphatic heterocycles. The third kappa shape index (κ3) is 4.90. The van der Waals surface area contributed by atoms with E-state index in [0.717, 1.165) is 48.0 Å². The number of nitrogens with one attached hydrogen (secondary N) is 3. The maximum Gasteiger partial charge on any atom is 0.255 e. The molecule has 4 rings (SSSR count). The van der Waals surface area contributed by atoms with E-state index in [2.05, 4.69) is 26.0 Å². The number of rotatable bonds is 6. The molecular formula is C24H30N6O2. The van der Waals surface area contributed by atoms with Gasteiger partial charge in [0, 0.05) is 54.8 Å². The summed E-state index contributed by atoms with van der Waals surface area (Å²) in [5.41, 5.74) is 4.14. The number of hydrogen-bond acceptors (Lipinski definition) is 5. The smallest absolute Gasteiger partial charge is 0.255 e. The molecule has 0 bridgehead atoms. The van der Waals surface area contributed by atoms with Crippen LogP contribution in [-0.2, 0) is 4.79 Å². The van der Waals surface area contributed by atoms with Gasteiger partial charge in [-0.05, 0) is 51.7 Å². The standard InChI is InChI=1S/C24H30N6O2/c1-15(2)27-23-21(24(32)29-20-8-6-19(7-9-20)28-16(3)31)13-26-30-14-18(11-22(23)30)17-5-4-10-25-12-17/h4-5,10-15,19-20,27H,6-9H2,1-3H3,(H,28,31)(H,29,32). The molecule has 32 heavy (non-hydrogen) atoms. The van der Waals surface area contributed by atoms with E-state index < -0.39 is 0 Å². The zero-order valence-electron chi connectivity index (χ0n) is 18.8. The molecule has 1 aliphatic carbocycles. The van der Waals surface area contributed by atoms with Crippen molar-refractivity contribution in [1.29, 1.82) is 0 Å². The van der Waals surface area contributed by atoms with Crippen molar-refractivity contribution in [2.24, 2.45) is 0 Å². The normalized spacial score (nSPS) is 18.5. The zero-order valence-corrected chi connectivity index (χ0v) is 18.8. The Bertz CT molecular complexity index is 1100. The van der Waals surface area contributed by atoms with Crippen LogP contribution in [0.1, 0.15) is 56.8 Å². The van der Waals surface area contributed by atoms with Crippen molar-refractivity contribution in [2.75, 3.05) is 5.32 Å². The number of amides is 2. The molecule has 0 saturated heterocycles. The Kier molecular flexibility index (Phi) is 6.39. The molecular weight excluding hydrogens is 404 g/mol. The summed E-state index contributed by atoms with van der Waals surface area (Å²) in [5.74, 6) is -0.130. The Morgan fingerprint density at radius 2 is 1.78 bits per heavy atom. The summed E-state index contributed by atoms with van der Waals surface area (Å²) in [6, 6.07) is 6.37. The predicted molar refractivity (Wildman–Crippen MR) is 125 cm³/mol. The lowest BCUT2D eigenvalue weighted by molar-refractivity contribution is -0.119. The lowest BCUT2D eigenvalue weighted by atomic mass is 9.91. The van der Waals surface area contributed by atoms with E-state index in [1.807, 2.05) is 44.4 Å². The van der Waals surface area contributed by atoms with Crippen LogP contribution in [0, 0.1) is 0 Å². The van der Waals surface area contributed by atoms with Gasteiger partial charge in [-0.15, -0.1) is 0 Å². The van der Waals surface area contributed by atoms with Gasteiger partial charge in [0.2, 0.25) is 5.91 Å². The van der Waals surface area contributed by atoms with Gasteiger partial charge in [0.1, 0.15) is 0 Å². The van der Waals surface area contributed by atoms with E-state index in [0.29, 0.717) is 5.56 Å². The molecule has 3 N–H and O–H groups in total. The maximum absolute atomic E-state index is 13.2. The van der Waals surface area contributed by atoms with Crippen LogP contribution >= 0.6 is 0 Å². The Labute approximate surface area is 187 Å². The topological polar surface area (TPSA) is 100 Å². The molecule has 0 aromatic carbocycles. The van der Waals surface area contributed by atoms with Gasteiger partial charge in [0.05, 0.1) is 23.0 Å². The van der Waals surface area contributed by atoms with Crippen molar-refractivity contribution in [3.63, 3.8) is 0 Å². The average Bonchev–Trinajstić information content (AvgIpc) is 3.20. The first-order valence-electron chi connectivity index (χ1n) is 11.2. The van der Waals surface area contributed by atoms with Crippen LogP contribution < -0.4 is 16.0 Å². The lowest BCUT2D eigenvalue weighted by Gasteiger charge is -2.29. The molecule has 0 unspecified atom stereocenters. The predicted octanol–water partition coefficient (Wildman–Crippen LogP) is 3.39. The number of carbonyl (C=O) groups excluding carboxylic acids is 2. The third-order valence-corrected chi connectivity index (χ3v) is 5.78. The fourth-order valence-electron chi connectivity index (χ4n) is 4.29. The molecule has 1 aliphatic rings. The third-order valence-electron chi connectivity index (χ3n) is 5.78. The minimum absolute atomic E-state index is 0.000819. The van der Waals surface area contributed by atoms with E-state index >= 15 is 0 Å². The molecule has 8 heteroatoms. The van der Waals surface area contributed by atoms with Crippen LogP contribution in [0.2, 0.25) is 0 Å². The molecule has 1 saturated carbocycles. The first-order chi connectivity index (χ1) is 15.4. The average molecular weight is 435 g/mol. The molecule has 168 valence electrons. The number of anilines is 1. The van der Waals surface area contributed by atoms with Gasteiger partial charge in [-0.25, -0.2) is 4.52 Å². The Morgan fingerprint density at radius 1 is 1.06 bits per heavy atom. The van der Waals surface area contributed by atoms with E-state index in [9.17, 15) is 9.59 Å². The molecule has 8 nitrogen and oxygen atoms in total. The summed E-state index contributed by atoms with van der Waals surface area (Å²) in [6.45, 7) is 5.64. The summed E-state index contributed by atoms with van der Waals surface area (Å²) in [6.07, 6.45) is 10.6. The number of aromatic nitrogens is 3. The Morgan fingerprint density at radius 3 is 2.41 bits per heavy atom. The molecule has 0 radical (unpaired) electrons. The van der Waals surface area contributed by atoms with Crippen LogP contribution in [-0.4, -0.2) is 44.5 Å². The van der Waals surface area contributed by atoms with Gasteiger partial charge in [-0.3, -0.25) is 14.6 Å². The number of fused-ring (bicyclic) bond motifs is 1. The highest BCUT2D eigenvalue weighted by Crippen LogP contribution is 2.29. The van der Waals surface area contributed by atoms with Crippen LogP contribution in [0.5, 0.6) is 0 Å². The molecule has 3 heterocycles. The van der Waals surface area contributed by atoms with Gasteiger partial charge < -0.3 is 16.0 Å². The number of hydrogen-bond donors (Lipinski definition) is 3. The van der Waals surface area contributed by atoms with Gasteiger partial charge >= 0.3 is 0 Å². The second kappa shape index (κ2) is 9.38. The fraction of sp³-hybridized carbons (Fsp3) is 0.417. The summed E-state index contributed by atoms with van der Waals surface area (Å²) in [4.78, 5) is 28.7. The first-order valence-corrected chi connectivity index (χ1v) is 11.2. The Hall–Kier alpha value is -3.42. The van der Waals surface area contributed by atoms with Crippen molar-refractivity contribution < 1.29 is 9.59 Å². The lowest BCUT2D eigenvalue weighted by Crippen LogP contribution is -2.43. The van der Waals surface area contributed by atoms with Crippen LogP contribution in [0.15, 0.2) is 43.0 Å². The van der Waals surface area contributed by atoms with Gasteiger partial charge in [-0.2, -0.15) is 5.10 Å². The molecule has 2 amide bonds. The zero-order chi connectivity index (χ0) is 22.7. The van der Waals surface area contributed by atoms with Crippen LogP contribution in [0.25, 0.3) is 16.6 Å². The summed E-state index contributed by atoms with van der Waals surface area (Å²) in [7, 11) is 0. The van der Waals surface area contributed by atoms with Crippen LogP contribution in [0.3, 0.4) is 0 Å². The second-order valence-electron chi connectivity index (χ2n) is 8.76. The highest BCUT2D eigenvalue weighted by Gasteiger charge is 2.25. The molecule has 3 aromatic heterocycles. The van der Waals surface area contributed by atoms with Gasteiger partial charge in [0.25, 0.3) is 5.91 Å². The van der Waals surface area contributed by atoms with E-state index in [1.165, 1.54) is 0 Å². The SMILES string of the molecule is CC(=O)NC1CCC(NC(=O)c2cnn3cc(-c4cccnc4)cc3c2NC(C)C)CC1. The number of pyridine rings is 1. The monoisotopic (exact) mass is 434 g/mol. The van der Waals surface area contributed by atoms with Crippen molar-refractivity contribution in [1.82, 2.24) is 25.2 Å². The number of carbonyl (C=O) groups is 2. The minimum atomic E-state index is -0.129. The van der Waals surface area contributed by atoms with E-state index in [4.69, 9.17) is 0 Å². The summed E-state index contributed by atoms with van der Waals surface area (Å²) in [5, 5.41) is 14.1. The molecule has 0 atom stereocenters.